The molecule has 0 aliphatic carbocycles. The smallest absolute Gasteiger partial charge is 0.410 e. The lowest BCUT2D eigenvalue weighted by Gasteiger charge is -2.35. The largest absolute Gasteiger partial charge is 0.444 e. The first kappa shape index (κ1) is 21.3. The lowest BCUT2D eigenvalue weighted by atomic mass is 10.1. The molecule has 0 bridgehead atoms. The van der Waals surface area contributed by atoms with Crippen LogP contribution in [0, 0.1) is 11.3 Å². The SMILES string of the molecule is CC(C)(C)OC(=O)N1CCN(/C=C(/C#N)C(=O)NCCc2ccccc2)CC1. The molecule has 0 aromatic heterocycles. The first-order valence-corrected chi connectivity index (χ1v) is 9.44. The van der Waals surface area contributed by atoms with Crippen molar-refractivity contribution in [3.63, 3.8) is 0 Å². The van der Waals surface area contributed by atoms with E-state index in [2.05, 4.69) is 5.32 Å². The fourth-order valence-corrected chi connectivity index (χ4v) is 2.74. The number of hydrogen-bond donors (Lipinski definition) is 1. The molecule has 150 valence electrons. The van der Waals surface area contributed by atoms with Gasteiger partial charge in [0.1, 0.15) is 17.2 Å². The fourth-order valence-electron chi connectivity index (χ4n) is 2.74. The Bertz CT molecular complexity index is 739. The van der Waals surface area contributed by atoms with Crippen LogP contribution in [0.15, 0.2) is 42.1 Å². The van der Waals surface area contributed by atoms with Crippen LogP contribution in [0.3, 0.4) is 0 Å². The summed E-state index contributed by atoms with van der Waals surface area (Å²) in [4.78, 5) is 27.9. The van der Waals surface area contributed by atoms with Crippen LogP contribution in [0.25, 0.3) is 0 Å². The van der Waals surface area contributed by atoms with E-state index in [1.54, 1.807) is 11.1 Å². The van der Waals surface area contributed by atoms with Gasteiger partial charge in [0.15, 0.2) is 0 Å². The molecule has 1 fully saturated rings. The van der Waals surface area contributed by atoms with Gasteiger partial charge < -0.3 is 19.9 Å². The molecule has 1 aromatic rings. The second kappa shape index (κ2) is 9.79. The molecule has 1 saturated heterocycles. The maximum absolute atomic E-state index is 12.3. The van der Waals surface area contributed by atoms with Crippen molar-refractivity contribution < 1.29 is 14.3 Å². The lowest BCUT2D eigenvalue weighted by Crippen LogP contribution is -2.48. The number of amides is 2. The Morgan fingerprint density at radius 1 is 1.18 bits per heavy atom. The highest BCUT2D eigenvalue weighted by Gasteiger charge is 2.25. The van der Waals surface area contributed by atoms with Gasteiger partial charge in [-0.3, -0.25) is 4.79 Å². The standard InChI is InChI=1S/C21H28N4O3/c1-21(2,3)28-20(27)25-13-11-24(12-14-25)16-18(15-22)19(26)23-10-9-17-7-5-4-6-8-17/h4-8,16H,9-14H2,1-3H3,(H,23,26)/b18-16-. The van der Waals surface area contributed by atoms with Crippen molar-refractivity contribution in [2.75, 3.05) is 32.7 Å². The number of carbonyl (C=O) groups is 2. The molecule has 0 radical (unpaired) electrons. The highest BCUT2D eigenvalue weighted by atomic mass is 16.6. The Kier molecular flexibility index (Phi) is 7.44. The molecule has 0 unspecified atom stereocenters. The van der Waals surface area contributed by atoms with Gasteiger partial charge in [-0.25, -0.2) is 4.79 Å². The quantitative estimate of drug-likeness (QED) is 0.622. The van der Waals surface area contributed by atoms with Gasteiger partial charge in [0.05, 0.1) is 0 Å². The van der Waals surface area contributed by atoms with Gasteiger partial charge in [-0.2, -0.15) is 5.26 Å². The molecule has 7 nitrogen and oxygen atoms in total. The molecule has 7 heteroatoms. The highest BCUT2D eigenvalue weighted by Crippen LogP contribution is 2.12. The van der Waals surface area contributed by atoms with Gasteiger partial charge >= 0.3 is 6.09 Å². The summed E-state index contributed by atoms with van der Waals surface area (Å²) in [5.41, 5.74) is 0.669. The van der Waals surface area contributed by atoms with E-state index in [0.717, 1.165) is 5.56 Å². The van der Waals surface area contributed by atoms with Crippen LogP contribution in [-0.2, 0) is 16.0 Å². The lowest BCUT2D eigenvalue weighted by molar-refractivity contribution is -0.117. The maximum Gasteiger partial charge on any atom is 0.410 e. The maximum atomic E-state index is 12.3. The van der Waals surface area contributed by atoms with Gasteiger partial charge in [0.2, 0.25) is 0 Å². The summed E-state index contributed by atoms with van der Waals surface area (Å²) in [5.74, 6) is -0.381. The van der Waals surface area contributed by atoms with Crippen molar-refractivity contribution >= 4 is 12.0 Å². The van der Waals surface area contributed by atoms with Gasteiger partial charge in [-0.05, 0) is 32.8 Å². The fraction of sp³-hybridized carbons (Fsp3) is 0.476. The van der Waals surface area contributed by atoms with Crippen LogP contribution in [0.1, 0.15) is 26.3 Å². The van der Waals surface area contributed by atoms with Crippen molar-refractivity contribution in [1.29, 1.82) is 5.26 Å². The van der Waals surface area contributed by atoms with E-state index in [1.165, 1.54) is 0 Å². The molecule has 1 N–H and O–H groups in total. The molecule has 0 atom stereocenters. The van der Waals surface area contributed by atoms with Crippen LogP contribution in [0.5, 0.6) is 0 Å². The molecule has 28 heavy (non-hydrogen) atoms. The normalized spacial score (nSPS) is 15.0. The van der Waals surface area contributed by atoms with Crippen molar-refractivity contribution in [2.45, 2.75) is 32.8 Å². The minimum Gasteiger partial charge on any atom is -0.444 e. The zero-order valence-electron chi connectivity index (χ0n) is 16.8. The second-order valence-corrected chi connectivity index (χ2v) is 7.65. The summed E-state index contributed by atoms with van der Waals surface area (Å²) in [6.07, 6.45) is 1.94. The first-order chi connectivity index (χ1) is 13.3. The Morgan fingerprint density at radius 2 is 1.82 bits per heavy atom. The minimum atomic E-state index is -0.528. The minimum absolute atomic E-state index is 0.0683. The van der Waals surface area contributed by atoms with E-state index in [0.29, 0.717) is 39.1 Å². The van der Waals surface area contributed by atoms with Crippen LogP contribution in [-0.4, -0.2) is 60.1 Å². The first-order valence-electron chi connectivity index (χ1n) is 9.44. The molecular formula is C21H28N4O3. The third-order valence-electron chi connectivity index (χ3n) is 4.18. The van der Waals surface area contributed by atoms with Gasteiger partial charge in [-0.15, -0.1) is 0 Å². The molecule has 2 amide bonds. The van der Waals surface area contributed by atoms with Crippen molar-refractivity contribution in [3.05, 3.63) is 47.7 Å². The number of carbonyl (C=O) groups excluding carboxylic acids is 2. The molecular weight excluding hydrogens is 356 g/mol. The topological polar surface area (TPSA) is 85.7 Å². The number of nitrogens with one attached hydrogen (secondary N) is 1. The summed E-state index contributed by atoms with van der Waals surface area (Å²) in [5, 5.41) is 12.1. The summed E-state index contributed by atoms with van der Waals surface area (Å²) in [6.45, 7) is 8.02. The third kappa shape index (κ3) is 6.95. The van der Waals surface area contributed by atoms with Crippen molar-refractivity contribution in [1.82, 2.24) is 15.1 Å². The zero-order chi connectivity index (χ0) is 20.6. The monoisotopic (exact) mass is 384 g/mol. The summed E-state index contributed by atoms with van der Waals surface area (Å²) in [7, 11) is 0. The summed E-state index contributed by atoms with van der Waals surface area (Å²) >= 11 is 0. The average molecular weight is 384 g/mol. The Hall–Kier alpha value is -3.01. The number of nitrogens with zero attached hydrogens (tertiary/aromatic N) is 3. The molecule has 1 aliphatic heterocycles. The molecule has 1 aliphatic rings. The number of piperazine rings is 1. The third-order valence-corrected chi connectivity index (χ3v) is 4.18. The number of rotatable bonds is 5. The summed E-state index contributed by atoms with van der Waals surface area (Å²) < 4.78 is 5.37. The van der Waals surface area contributed by atoms with Gasteiger partial charge in [-0.1, -0.05) is 30.3 Å². The Labute approximate surface area is 166 Å². The number of benzene rings is 1. The van der Waals surface area contributed by atoms with Gasteiger partial charge in [0, 0.05) is 38.9 Å². The number of ether oxygens (including phenoxy) is 1. The van der Waals surface area contributed by atoms with Crippen molar-refractivity contribution in [2.24, 2.45) is 0 Å². The van der Waals surface area contributed by atoms with Gasteiger partial charge in [0.25, 0.3) is 5.91 Å². The Balaban J connectivity index is 1.81. The molecule has 0 saturated carbocycles. The molecule has 0 spiro atoms. The predicted octanol–water partition coefficient (Wildman–Crippen LogP) is 2.31. The van der Waals surface area contributed by atoms with E-state index >= 15 is 0 Å². The molecule has 1 aromatic carbocycles. The van der Waals surface area contributed by atoms with Crippen LogP contribution in [0.2, 0.25) is 0 Å². The molecule has 1 heterocycles. The zero-order valence-corrected chi connectivity index (χ0v) is 16.8. The van der Waals surface area contributed by atoms with Crippen LogP contribution >= 0.6 is 0 Å². The number of nitriles is 1. The number of hydrogen-bond acceptors (Lipinski definition) is 5. The van der Waals surface area contributed by atoms with E-state index in [-0.39, 0.29) is 17.6 Å². The highest BCUT2D eigenvalue weighted by molar-refractivity contribution is 5.97. The molecule has 2 rings (SSSR count). The summed E-state index contributed by atoms with van der Waals surface area (Å²) in [6, 6.07) is 11.8. The van der Waals surface area contributed by atoms with Crippen LogP contribution in [0.4, 0.5) is 4.79 Å². The van der Waals surface area contributed by atoms with Crippen molar-refractivity contribution in [3.8, 4) is 6.07 Å². The second-order valence-electron chi connectivity index (χ2n) is 7.65. The van der Waals surface area contributed by atoms with E-state index in [9.17, 15) is 14.9 Å². The average Bonchev–Trinajstić information content (AvgIpc) is 2.66. The van der Waals surface area contributed by atoms with E-state index in [4.69, 9.17) is 4.74 Å². The van der Waals surface area contributed by atoms with Crippen LogP contribution < -0.4 is 5.32 Å². The Morgan fingerprint density at radius 3 is 2.39 bits per heavy atom. The predicted molar refractivity (Wildman–Crippen MR) is 106 cm³/mol. The van der Waals surface area contributed by atoms with E-state index < -0.39 is 5.60 Å². The van der Waals surface area contributed by atoms with E-state index in [1.807, 2.05) is 62.1 Å².